The van der Waals surface area contributed by atoms with E-state index in [2.05, 4.69) is 41.5 Å². The van der Waals surface area contributed by atoms with Crippen molar-refractivity contribution in [1.82, 2.24) is 0 Å². The number of aliphatic hydroxyl groups is 2. The number of carbonyl (C=O) groups excluding carboxylic acids is 2. The van der Waals surface area contributed by atoms with E-state index in [-0.39, 0.29) is 24.0 Å². The third kappa shape index (κ3) is 6.43. The second-order valence-electron chi connectivity index (χ2n) is 10.5. The predicted octanol–water partition coefficient (Wildman–Crippen LogP) is 3.72. The minimum Gasteiger partial charge on any atom is -0.460 e. The highest BCUT2D eigenvalue weighted by molar-refractivity contribution is 5.85. The average molecular weight is 427 g/mol. The SMILES string of the molecule is CC(C)[C@@H]1CC[C@@H](C)C[C@@H]1OC(=O)[C@H](O)[C@@H](O)C(=O)O[C@H]1C[C@H](C)CC[C@H]1C(C)C. The zero-order chi connectivity index (χ0) is 22.6. The molecule has 0 radical (unpaired) electrons. The lowest BCUT2D eigenvalue weighted by molar-refractivity contribution is -0.185. The Morgan fingerprint density at radius 1 is 0.700 bits per heavy atom. The number of esters is 2. The summed E-state index contributed by atoms with van der Waals surface area (Å²) in [4.78, 5) is 25.0. The van der Waals surface area contributed by atoms with Gasteiger partial charge in [-0.05, 0) is 61.2 Å². The van der Waals surface area contributed by atoms with Gasteiger partial charge in [-0.1, -0.05) is 54.4 Å². The minimum atomic E-state index is -1.93. The predicted molar refractivity (Wildman–Crippen MR) is 114 cm³/mol. The van der Waals surface area contributed by atoms with Crippen LogP contribution in [0.2, 0.25) is 0 Å². The molecule has 6 heteroatoms. The van der Waals surface area contributed by atoms with E-state index >= 15 is 0 Å². The first-order valence-corrected chi connectivity index (χ1v) is 11.8. The second kappa shape index (κ2) is 10.9. The van der Waals surface area contributed by atoms with Gasteiger partial charge in [-0.3, -0.25) is 0 Å². The molecule has 0 aromatic carbocycles. The van der Waals surface area contributed by atoms with E-state index in [1.54, 1.807) is 0 Å². The van der Waals surface area contributed by atoms with Crippen LogP contribution in [0.15, 0.2) is 0 Å². The first kappa shape index (κ1) is 25.1. The highest BCUT2D eigenvalue weighted by atomic mass is 16.6. The Hall–Kier alpha value is -1.14. The Labute approximate surface area is 181 Å². The second-order valence-corrected chi connectivity index (χ2v) is 10.5. The molecule has 2 saturated carbocycles. The fraction of sp³-hybridized carbons (Fsp3) is 0.917. The van der Waals surface area contributed by atoms with E-state index in [9.17, 15) is 19.8 Å². The molecular formula is C24H42O6. The Balaban J connectivity index is 1.96. The summed E-state index contributed by atoms with van der Waals surface area (Å²) in [5.41, 5.74) is 0. The summed E-state index contributed by atoms with van der Waals surface area (Å²) in [7, 11) is 0. The Morgan fingerprint density at radius 2 is 1.03 bits per heavy atom. The molecule has 2 aliphatic carbocycles. The maximum absolute atomic E-state index is 12.5. The topological polar surface area (TPSA) is 93.1 Å². The number of carbonyl (C=O) groups is 2. The van der Waals surface area contributed by atoms with E-state index in [4.69, 9.17) is 9.47 Å². The molecule has 0 spiro atoms. The van der Waals surface area contributed by atoms with Crippen LogP contribution in [0.4, 0.5) is 0 Å². The molecule has 0 aromatic heterocycles. The molecule has 0 saturated heterocycles. The van der Waals surface area contributed by atoms with Gasteiger partial charge in [0.25, 0.3) is 0 Å². The van der Waals surface area contributed by atoms with Crippen LogP contribution in [0, 0.1) is 35.5 Å². The molecule has 30 heavy (non-hydrogen) atoms. The van der Waals surface area contributed by atoms with E-state index in [1.165, 1.54) is 0 Å². The van der Waals surface area contributed by atoms with Crippen molar-refractivity contribution in [3.8, 4) is 0 Å². The third-order valence-electron chi connectivity index (χ3n) is 7.24. The van der Waals surface area contributed by atoms with Crippen molar-refractivity contribution < 1.29 is 29.3 Å². The zero-order valence-corrected chi connectivity index (χ0v) is 19.5. The summed E-state index contributed by atoms with van der Waals surface area (Å²) in [6.07, 6.45) is 1.11. The van der Waals surface area contributed by atoms with E-state index < -0.39 is 24.1 Å². The number of ether oxygens (including phenoxy) is 2. The highest BCUT2D eigenvalue weighted by Crippen LogP contribution is 2.37. The van der Waals surface area contributed by atoms with Crippen molar-refractivity contribution in [3.05, 3.63) is 0 Å². The first-order valence-electron chi connectivity index (χ1n) is 11.8. The first-order chi connectivity index (χ1) is 14.0. The van der Waals surface area contributed by atoms with Crippen molar-refractivity contribution in [3.63, 3.8) is 0 Å². The summed E-state index contributed by atoms with van der Waals surface area (Å²) < 4.78 is 11.2. The van der Waals surface area contributed by atoms with Crippen LogP contribution in [-0.4, -0.2) is 46.6 Å². The van der Waals surface area contributed by atoms with Crippen LogP contribution < -0.4 is 0 Å². The molecule has 0 bridgehead atoms. The molecule has 6 nitrogen and oxygen atoms in total. The maximum Gasteiger partial charge on any atom is 0.338 e. The molecule has 2 N–H and O–H groups in total. The Bertz CT molecular complexity index is 524. The highest BCUT2D eigenvalue weighted by Gasteiger charge is 2.40. The number of hydrogen-bond donors (Lipinski definition) is 2. The molecule has 2 rings (SSSR count). The number of rotatable bonds is 7. The lowest BCUT2D eigenvalue weighted by Gasteiger charge is -2.38. The van der Waals surface area contributed by atoms with Gasteiger partial charge in [0.05, 0.1) is 0 Å². The molecule has 0 heterocycles. The zero-order valence-electron chi connectivity index (χ0n) is 19.5. The molecule has 8 atom stereocenters. The molecule has 2 fully saturated rings. The lowest BCUT2D eigenvalue weighted by atomic mass is 9.75. The lowest BCUT2D eigenvalue weighted by Crippen LogP contribution is -2.47. The van der Waals surface area contributed by atoms with Gasteiger partial charge in [0.2, 0.25) is 0 Å². The van der Waals surface area contributed by atoms with Gasteiger partial charge >= 0.3 is 11.9 Å². The fourth-order valence-corrected chi connectivity index (χ4v) is 5.20. The molecule has 2 aliphatic rings. The smallest absolute Gasteiger partial charge is 0.338 e. The van der Waals surface area contributed by atoms with Crippen LogP contribution in [0.5, 0.6) is 0 Å². The van der Waals surface area contributed by atoms with E-state index in [0.717, 1.165) is 38.5 Å². The Morgan fingerprint density at radius 3 is 1.33 bits per heavy atom. The summed E-state index contributed by atoms with van der Waals surface area (Å²) in [5, 5.41) is 20.6. The van der Waals surface area contributed by atoms with Gasteiger partial charge in [-0.2, -0.15) is 0 Å². The standard InChI is InChI=1S/C24H42O6/c1-13(2)17-9-7-15(5)11-19(17)29-23(27)21(25)22(26)24(28)30-20-12-16(6)8-10-18(20)14(3)4/h13-22,25-26H,7-12H2,1-6H3/t15-,16-,17+,18+,19+,20+,21-,22-/m1/s1. The van der Waals surface area contributed by atoms with E-state index in [0.29, 0.717) is 23.7 Å². The van der Waals surface area contributed by atoms with Crippen molar-refractivity contribution in [2.45, 2.75) is 104 Å². The molecule has 0 amide bonds. The van der Waals surface area contributed by atoms with Gasteiger partial charge in [0.1, 0.15) is 12.2 Å². The molecule has 0 aromatic rings. The summed E-state index contributed by atoms with van der Waals surface area (Å²) in [5.74, 6) is 0.126. The van der Waals surface area contributed by atoms with Crippen molar-refractivity contribution >= 4 is 11.9 Å². The molecule has 174 valence electrons. The summed E-state index contributed by atoms with van der Waals surface area (Å²) in [6.45, 7) is 12.6. The summed E-state index contributed by atoms with van der Waals surface area (Å²) in [6, 6.07) is 0. The molecule has 0 aliphatic heterocycles. The van der Waals surface area contributed by atoms with Gasteiger partial charge in [0.15, 0.2) is 12.2 Å². The normalized spacial score (nSPS) is 34.5. The average Bonchev–Trinajstić information content (AvgIpc) is 2.66. The largest absolute Gasteiger partial charge is 0.460 e. The minimum absolute atomic E-state index is 0.219. The summed E-state index contributed by atoms with van der Waals surface area (Å²) >= 11 is 0. The third-order valence-corrected chi connectivity index (χ3v) is 7.24. The van der Waals surface area contributed by atoms with Crippen LogP contribution in [0.3, 0.4) is 0 Å². The van der Waals surface area contributed by atoms with Crippen molar-refractivity contribution in [2.75, 3.05) is 0 Å². The van der Waals surface area contributed by atoms with Crippen LogP contribution in [0.25, 0.3) is 0 Å². The van der Waals surface area contributed by atoms with Gasteiger partial charge in [-0.15, -0.1) is 0 Å². The van der Waals surface area contributed by atoms with Crippen molar-refractivity contribution in [1.29, 1.82) is 0 Å². The van der Waals surface area contributed by atoms with Gasteiger partial charge < -0.3 is 19.7 Å². The fourth-order valence-electron chi connectivity index (χ4n) is 5.20. The van der Waals surface area contributed by atoms with Gasteiger partial charge in [0, 0.05) is 0 Å². The number of aliphatic hydroxyl groups excluding tert-OH is 2. The van der Waals surface area contributed by atoms with Crippen LogP contribution >= 0.6 is 0 Å². The van der Waals surface area contributed by atoms with E-state index in [1.807, 2.05) is 0 Å². The molecule has 0 unspecified atom stereocenters. The Kier molecular flexibility index (Phi) is 9.16. The number of hydrogen-bond acceptors (Lipinski definition) is 6. The van der Waals surface area contributed by atoms with Crippen LogP contribution in [-0.2, 0) is 19.1 Å². The monoisotopic (exact) mass is 426 g/mol. The quantitative estimate of drug-likeness (QED) is 0.603. The van der Waals surface area contributed by atoms with Crippen molar-refractivity contribution in [2.24, 2.45) is 35.5 Å². The molecular weight excluding hydrogens is 384 g/mol. The van der Waals surface area contributed by atoms with Gasteiger partial charge in [-0.25, -0.2) is 9.59 Å². The van der Waals surface area contributed by atoms with Crippen LogP contribution in [0.1, 0.15) is 80.1 Å². The maximum atomic E-state index is 12.5.